The first-order valence-corrected chi connectivity index (χ1v) is 22.9. The fourth-order valence-electron chi connectivity index (χ4n) is 9.81. The number of cyclic esters (lactones) is 1. The summed E-state index contributed by atoms with van der Waals surface area (Å²) in [7, 11) is 5.27. The lowest BCUT2D eigenvalue weighted by molar-refractivity contribution is -0.155. The molecule has 3 aliphatic rings. The van der Waals surface area contributed by atoms with Crippen LogP contribution >= 0.6 is 0 Å². The van der Waals surface area contributed by atoms with Gasteiger partial charge in [0.2, 0.25) is 11.8 Å². The SMILES string of the molecule is CC#CC(=O)N1CC[C@H](C(=O)N(C)C(C(=O)N[C@H]2Cc3cc(O)cc(c3)-c3ccc4c(c3)c(c(-c3cccnc3[C@H](C)OC)n4C)CC(C)(C)COC(=O)[C@@H]3CCCN(N3)C2=O)C(C)C)C1. The van der Waals surface area contributed by atoms with Crippen LogP contribution in [0.15, 0.2) is 54.7 Å². The van der Waals surface area contributed by atoms with Crippen molar-refractivity contribution >= 4 is 40.5 Å². The van der Waals surface area contributed by atoms with E-state index < -0.39 is 47.2 Å². The van der Waals surface area contributed by atoms with Crippen molar-refractivity contribution in [3.05, 3.63) is 71.5 Å². The Morgan fingerprint density at radius 3 is 2.56 bits per heavy atom. The zero-order valence-electron chi connectivity index (χ0n) is 39.6. The molecule has 5 heterocycles. The van der Waals surface area contributed by atoms with E-state index in [1.165, 1.54) is 9.91 Å². The quantitative estimate of drug-likeness (QED) is 0.155. The molecule has 15 nitrogen and oxygen atoms in total. The number of carbonyl (C=O) groups is 5. The molecule has 3 aliphatic heterocycles. The topological polar surface area (TPSA) is 176 Å². The molecule has 1 unspecified atom stereocenters. The number of methoxy groups -OCH3 is 1. The Bertz CT molecular complexity index is 2590. The summed E-state index contributed by atoms with van der Waals surface area (Å²) in [6.07, 6.45) is 3.37. The molecule has 7 rings (SSSR count). The second-order valence-corrected chi connectivity index (χ2v) is 19.1. The molecule has 0 aliphatic carbocycles. The second-order valence-electron chi connectivity index (χ2n) is 19.1. The molecule has 2 aromatic carbocycles. The van der Waals surface area contributed by atoms with Gasteiger partial charge in [0.1, 0.15) is 23.9 Å². The molecule has 4 amide bonds. The van der Waals surface area contributed by atoms with Gasteiger partial charge in [-0.2, -0.15) is 0 Å². The Morgan fingerprint density at radius 2 is 1.83 bits per heavy atom. The zero-order chi connectivity index (χ0) is 47.6. The van der Waals surface area contributed by atoms with Crippen molar-refractivity contribution in [3.63, 3.8) is 0 Å². The largest absolute Gasteiger partial charge is 0.508 e. The minimum absolute atomic E-state index is 0.0153. The van der Waals surface area contributed by atoms with Crippen molar-refractivity contribution in [1.29, 1.82) is 0 Å². The molecule has 2 fully saturated rings. The summed E-state index contributed by atoms with van der Waals surface area (Å²) in [6, 6.07) is 12.4. The number of esters is 1. The number of ether oxygens (including phenoxy) is 2. The molecule has 15 heteroatoms. The van der Waals surface area contributed by atoms with Gasteiger partial charge >= 0.3 is 5.97 Å². The van der Waals surface area contributed by atoms with Gasteiger partial charge in [0, 0.05) is 75.3 Å². The molecule has 66 heavy (non-hydrogen) atoms. The van der Waals surface area contributed by atoms with Crippen LogP contribution in [0, 0.1) is 29.1 Å². The van der Waals surface area contributed by atoms with Gasteiger partial charge in [-0.25, -0.2) is 5.43 Å². The monoisotopic (exact) mass is 901 g/mol. The van der Waals surface area contributed by atoms with Crippen LogP contribution in [0.1, 0.15) is 83.7 Å². The van der Waals surface area contributed by atoms with Gasteiger partial charge in [0.15, 0.2) is 0 Å². The summed E-state index contributed by atoms with van der Waals surface area (Å²) in [6.45, 7) is 12.3. The van der Waals surface area contributed by atoms with Crippen LogP contribution in [-0.2, 0) is 53.3 Å². The minimum atomic E-state index is -1.17. The lowest BCUT2D eigenvalue weighted by Crippen LogP contribution is -2.62. The number of nitrogens with zero attached hydrogens (tertiary/aromatic N) is 5. The third-order valence-corrected chi connectivity index (χ3v) is 13.2. The second kappa shape index (κ2) is 19.7. The van der Waals surface area contributed by atoms with Gasteiger partial charge in [0.25, 0.3) is 11.8 Å². The minimum Gasteiger partial charge on any atom is -0.508 e. The molecule has 2 saturated heterocycles. The van der Waals surface area contributed by atoms with Crippen molar-refractivity contribution in [2.75, 3.05) is 40.4 Å². The van der Waals surface area contributed by atoms with Crippen molar-refractivity contribution in [2.24, 2.45) is 24.3 Å². The van der Waals surface area contributed by atoms with Crippen molar-refractivity contribution < 1.29 is 38.6 Å². The number of benzene rings is 2. The number of amides is 4. The standard InChI is InChI=1S/C51H63N7O8/c1-10-13-43(60)57-21-18-34(28-57)48(62)56(8)45(30(2)3)47(61)53-41-24-32-22-35(25-36(59)23-32)33-16-17-42-38(26-33)39(46(55(42)7)37-14-11-19-52-44(37)31(4)65-9)27-51(5,6)29-66-50(64)40-15-12-20-58(54-40)49(41)63/h11,14,16-17,19,22-23,25-26,30-31,34,40-41,45,54,59H,12,15,18,20-21,24,27-29H2,1-9H3,(H,53,61)/t31-,34-,40-,41-,45?/m0/s1. The number of hydrogen-bond donors (Lipinski definition) is 3. The van der Waals surface area contributed by atoms with E-state index in [1.807, 2.05) is 46.0 Å². The highest BCUT2D eigenvalue weighted by atomic mass is 16.5. The van der Waals surface area contributed by atoms with Crippen LogP contribution < -0.4 is 10.7 Å². The van der Waals surface area contributed by atoms with Crippen LogP contribution in [0.2, 0.25) is 0 Å². The van der Waals surface area contributed by atoms with E-state index in [0.717, 1.165) is 39.0 Å². The summed E-state index contributed by atoms with van der Waals surface area (Å²) in [5.74, 6) is 2.14. The lowest BCUT2D eigenvalue weighted by Gasteiger charge is -2.37. The van der Waals surface area contributed by atoms with Crippen molar-refractivity contribution in [1.82, 2.24) is 35.1 Å². The van der Waals surface area contributed by atoms with Gasteiger partial charge in [0.05, 0.1) is 30.0 Å². The highest BCUT2D eigenvalue weighted by Gasteiger charge is 2.40. The predicted octanol–water partition coefficient (Wildman–Crippen LogP) is 5.32. The molecule has 5 atom stereocenters. The van der Waals surface area contributed by atoms with Crippen LogP contribution in [0.5, 0.6) is 5.75 Å². The molecule has 0 spiro atoms. The smallest absolute Gasteiger partial charge is 0.324 e. The van der Waals surface area contributed by atoms with E-state index in [9.17, 15) is 29.1 Å². The first-order chi connectivity index (χ1) is 31.4. The zero-order valence-corrected chi connectivity index (χ0v) is 39.6. The molecular formula is C51H63N7O8. The Balaban J connectivity index is 1.29. The van der Waals surface area contributed by atoms with Crippen LogP contribution in [0.4, 0.5) is 0 Å². The predicted molar refractivity (Wildman–Crippen MR) is 250 cm³/mol. The number of likely N-dealkylation sites (tertiary alicyclic amines) is 1. The van der Waals surface area contributed by atoms with Gasteiger partial charge in [-0.3, -0.25) is 34.0 Å². The van der Waals surface area contributed by atoms with Gasteiger partial charge in [-0.15, -0.1) is 0 Å². The van der Waals surface area contributed by atoms with E-state index in [4.69, 9.17) is 14.5 Å². The molecule has 4 aromatic rings. The lowest BCUT2D eigenvalue weighted by atomic mass is 9.84. The van der Waals surface area contributed by atoms with Gasteiger partial charge in [-0.1, -0.05) is 45.7 Å². The number of carbonyl (C=O) groups excluding carboxylic acids is 5. The van der Waals surface area contributed by atoms with Gasteiger partial charge < -0.3 is 34.3 Å². The summed E-state index contributed by atoms with van der Waals surface area (Å²) in [4.78, 5) is 77.3. The molecule has 0 radical (unpaired) electrons. The third kappa shape index (κ3) is 9.95. The number of aryl methyl sites for hydroxylation is 1. The van der Waals surface area contributed by atoms with Crippen molar-refractivity contribution in [2.45, 2.75) is 97.9 Å². The first-order valence-electron chi connectivity index (χ1n) is 22.9. The fourth-order valence-corrected chi connectivity index (χ4v) is 9.81. The molecule has 2 aromatic heterocycles. The highest BCUT2D eigenvalue weighted by molar-refractivity contribution is 5.97. The third-order valence-electron chi connectivity index (χ3n) is 13.2. The number of aromatic nitrogens is 2. The molecule has 3 N–H and O–H groups in total. The van der Waals surface area contributed by atoms with Crippen LogP contribution in [0.3, 0.4) is 0 Å². The van der Waals surface area contributed by atoms with E-state index in [1.54, 1.807) is 44.3 Å². The number of rotatable bonds is 8. The van der Waals surface area contributed by atoms with E-state index >= 15 is 0 Å². The van der Waals surface area contributed by atoms with Crippen LogP contribution in [-0.4, -0.2) is 118 Å². The summed E-state index contributed by atoms with van der Waals surface area (Å²) in [5, 5.41) is 16.6. The van der Waals surface area contributed by atoms with Gasteiger partial charge in [-0.05, 0) is 110 Å². The number of pyridine rings is 1. The number of phenols is 1. The number of phenolic OH excluding ortho intramolecular Hbond substituents is 1. The average molecular weight is 902 g/mol. The molecule has 6 bridgehead atoms. The maximum absolute atomic E-state index is 14.7. The molecule has 0 saturated carbocycles. The Hall–Kier alpha value is -6.24. The number of hydrogen-bond acceptors (Lipinski definition) is 10. The fraction of sp³-hybridized carbons (Fsp3) is 0.490. The number of aromatic hydroxyl groups is 1. The van der Waals surface area contributed by atoms with E-state index in [0.29, 0.717) is 43.4 Å². The maximum Gasteiger partial charge on any atom is 0.324 e. The Kier molecular flexibility index (Phi) is 14.2. The number of fused-ring (bicyclic) bond motifs is 6. The number of nitrogens with one attached hydrogen (secondary N) is 2. The maximum atomic E-state index is 14.7. The van der Waals surface area contributed by atoms with E-state index in [-0.39, 0.29) is 55.7 Å². The van der Waals surface area contributed by atoms with Crippen molar-refractivity contribution in [3.8, 4) is 40.0 Å². The Labute approximate surface area is 387 Å². The summed E-state index contributed by atoms with van der Waals surface area (Å²) >= 11 is 0. The summed E-state index contributed by atoms with van der Waals surface area (Å²) in [5.41, 5.74) is 9.38. The highest BCUT2D eigenvalue weighted by Crippen LogP contribution is 2.41. The number of hydrazine groups is 1. The summed E-state index contributed by atoms with van der Waals surface area (Å²) < 4.78 is 14.0. The Morgan fingerprint density at radius 1 is 1.06 bits per heavy atom. The average Bonchev–Trinajstić information content (AvgIpc) is 3.89. The van der Waals surface area contributed by atoms with E-state index in [2.05, 4.69) is 59.2 Å². The van der Waals surface area contributed by atoms with Crippen LogP contribution in [0.25, 0.3) is 33.3 Å². The normalized spacial score (nSPS) is 20.8. The number of likely N-dealkylation sites (N-methyl/N-ethyl adjacent to an activating group) is 1. The molecular weight excluding hydrogens is 839 g/mol. The first kappa shape index (κ1) is 47.7. The molecule has 350 valence electrons.